The number of aromatic nitrogens is 1. The third kappa shape index (κ3) is 5.18. The van der Waals surface area contributed by atoms with Crippen LogP contribution in [0.3, 0.4) is 0 Å². The Morgan fingerprint density at radius 3 is 2.72 bits per heavy atom. The van der Waals surface area contributed by atoms with Crippen LogP contribution < -0.4 is 9.46 Å². The second-order valence-electron chi connectivity index (χ2n) is 9.22. The Kier molecular flexibility index (Phi) is 7.13. The molecule has 2 aromatic carbocycles. The first-order chi connectivity index (χ1) is 17.4. The van der Waals surface area contributed by atoms with E-state index in [1.165, 1.54) is 7.11 Å². The van der Waals surface area contributed by atoms with E-state index in [4.69, 9.17) is 9.47 Å². The van der Waals surface area contributed by atoms with E-state index in [1.807, 2.05) is 24.3 Å². The maximum absolute atomic E-state index is 13.3. The van der Waals surface area contributed by atoms with Gasteiger partial charge in [-0.25, -0.2) is 8.42 Å². The Balaban J connectivity index is 1.29. The molecule has 190 valence electrons. The summed E-state index contributed by atoms with van der Waals surface area (Å²) in [6.07, 6.45) is 4.27. The Bertz CT molecular complexity index is 1340. The number of methoxy groups -OCH3 is 1. The standard InChI is InChI=1S/C27H32N4O4S/c1-20(31-15-13-30(14-16-31)19-23-8-5-17-35-23)22-10-11-24(25(18-22)34-2)29-36(32,33)26-9-3-6-21-7-4-12-28-27(21)26/h3-4,6-7,9-12,18,23,29H,1,5,8,13-17,19H2,2H3. The van der Waals surface area contributed by atoms with Crippen molar-refractivity contribution in [2.24, 2.45) is 0 Å². The molecule has 3 aromatic rings. The maximum atomic E-state index is 13.3. The zero-order chi connectivity index (χ0) is 25.1. The summed E-state index contributed by atoms with van der Waals surface area (Å²) in [5, 5.41) is 0.759. The van der Waals surface area contributed by atoms with Crippen molar-refractivity contribution in [3.63, 3.8) is 0 Å². The van der Waals surface area contributed by atoms with Crippen molar-refractivity contribution < 1.29 is 17.9 Å². The van der Waals surface area contributed by atoms with E-state index >= 15 is 0 Å². The van der Waals surface area contributed by atoms with Gasteiger partial charge in [-0.15, -0.1) is 0 Å². The molecule has 2 saturated heterocycles. The van der Waals surface area contributed by atoms with Crippen molar-refractivity contribution >= 4 is 32.3 Å². The molecular formula is C27H32N4O4S. The van der Waals surface area contributed by atoms with Gasteiger partial charge >= 0.3 is 0 Å². The van der Waals surface area contributed by atoms with Crippen molar-refractivity contribution in [3.8, 4) is 5.75 Å². The van der Waals surface area contributed by atoms with Crippen LogP contribution >= 0.6 is 0 Å². The number of sulfonamides is 1. The molecule has 1 unspecified atom stereocenters. The number of benzene rings is 2. The first-order valence-corrected chi connectivity index (χ1v) is 13.8. The van der Waals surface area contributed by atoms with Crippen molar-refractivity contribution in [3.05, 3.63) is 66.9 Å². The summed E-state index contributed by atoms with van der Waals surface area (Å²) in [5.74, 6) is 0.433. The van der Waals surface area contributed by atoms with Crippen LogP contribution in [-0.2, 0) is 14.8 Å². The van der Waals surface area contributed by atoms with Gasteiger partial charge in [0, 0.05) is 62.2 Å². The minimum atomic E-state index is -3.88. The second kappa shape index (κ2) is 10.5. The summed E-state index contributed by atoms with van der Waals surface area (Å²) in [5.41, 5.74) is 2.59. The van der Waals surface area contributed by atoms with Gasteiger partial charge in [-0.1, -0.05) is 30.8 Å². The highest BCUT2D eigenvalue weighted by Gasteiger charge is 2.25. The van der Waals surface area contributed by atoms with Crippen LogP contribution in [0.2, 0.25) is 0 Å². The molecule has 5 rings (SSSR count). The normalized spacial score (nSPS) is 18.9. The van der Waals surface area contributed by atoms with E-state index in [-0.39, 0.29) is 4.90 Å². The summed E-state index contributed by atoms with van der Waals surface area (Å²) < 4.78 is 40.5. The van der Waals surface area contributed by atoms with Crippen molar-refractivity contribution in [1.29, 1.82) is 0 Å². The van der Waals surface area contributed by atoms with Crippen LogP contribution in [0.25, 0.3) is 16.6 Å². The number of fused-ring (bicyclic) bond motifs is 1. The Morgan fingerprint density at radius 2 is 1.97 bits per heavy atom. The molecule has 2 aliphatic rings. The second-order valence-corrected chi connectivity index (χ2v) is 10.9. The first-order valence-electron chi connectivity index (χ1n) is 12.3. The molecule has 0 spiro atoms. The zero-order valence-electron chi connectivity index (χ0n) is 20.5. The number of nitrogens with one attached hydrogen (secondary N) is 1. The van der Waals surface area contributed by atoms with Gasteiger partial charge in [0.05, 0.1) is 24.4 Å². The fraction of sp³-hybridized carbons (Fsp3) is 0.370. The van der Waals surface area contributed by atoms with E-state index in [2.05, 4.69) is 26.1 Å². The summed E-state index contributed by atoms with van der Waals surface area (Å²) in [7, 11) is -2.35. The van der Waals surface area contributed by atoms with Gasteiger partial charge in [-0.05, 0) is 37.1 Å². The fourth-order valence-corrected chi connectivity index (χ4v) is 6.16. The lowest BCUT2D eigenvalue weighted by Gasteiger charge is -2.38. The third-order valence-corrected chi connectivity index (χ3v) is 8.30. The van der Waals surface area contributed by atoms with E-state index in [0.29, 0.717) is 23.1 Å². The number of pyridine rings is 1. The molecule has 0 radical (unpaired) electrons. The number of rotatable bonds is 8. The topological polar surface area (TPSA) is 84.0 Å². The third-order valence-electron chi connectivity index (χ3n) is 6.90. The molecule has 0 saturated carbocycles. The van der Waals surface area contributed by atoms with Crippen molar-refractivity contribution in [1.82, 2.24) is 14.8 Å². The lowest BCUT2D eigenvalue weighted by molar-refractivity contribution is 0.0593. The minimum absolute atomic E-state index is 0.122. The van der Waals surface area contributed by atoms with Gasteiger partial charge in [-0.2, -0.15) is 0 Å². The van der Waals surface area contributed by atoms with Crippen molar-refractivity contribution in [2.45, 2.75) is 23.8 Å². The predicted octanol–water partition coefficient (Wildman–Crippen LogP) is 3.81. The average molecular weight is 509 g/mol. The van der Waals surface area contributed by atoms with Gasteiger partial charge in [0.2, 0.25) is 0 Å². The van der Waals surface area contributed by atoms with Gasteiger partial charge in [0.25, 0.3) is 10.0 Å². The van der Waals surface area contributed by atoms with E-state index < -0.39 is 10.0 Å². The number of hydrogen-bond acceptors (Lipinski definition) is 7. The molecule has 9 heteroatoms. The molecule has 36 heavy (non-hydrogen) atoms. The number of ether oxygens (including phenoxy) is 2. The molecule has 0 aliphatic carbocycles. The quantitative estimate of drug-likeness (QED) is 0.495. The fourth-order valence-electron chi connectivity index (χ4n) is 4.91. The summed E-state index contributed by atoms with van der Waals surface area (Å²) in [6.45, 7) is 9.90. The molecule has 0 amide bonds. The highest BCUT2D eigenvalue weighted by molar-refractivity contribution is 7.93. The highest BCUT2D eigenvalue weighted by Crippen LogP contribution is 2.32. The minimum Gasteiger partial charge on any atom is -0.495 e. The van der Waals surface area contributed by atoms with Gasteiger partial charge in [0.15, 0.2) is 0 Å². The molecule has 2 aliphatic heterocycles. The molecule has 1 atom stereocenters. The Hall–Kier alpha value is -3.14. The van der Waals surface area contributed by atoms with E-state index in [9.17, 15) is 8.42 Å². The van der Waals surface area contributed by atoms with Crippen LogP contribution in [-0.4, -0.2) is 75.7 Å². The number of piperazine rings is 1. The van der Waals surface area contributed by atoms with Crippen LogP contribution in [0.15, 0.2) is 66.2 Å². The lowest BCUT2D eigenvalue weighted by atomic mass is 10.1. The molecule has 2 fully saturated rings. The zero-order valence-corrected chi connectivity index (χ0v) is 21.3. The first kappa shape index (κ1) is 24.5. The molecule has 8 nitrogen and oxygen atoms in total. The Labute approximate surface area is 212 Å². The predicted molar refractivity (Wildman–Crippen MR) is 142 cm³/mol. The largest absolute Gasteiger partial charge is 0.495 e. The van der Waals surface area contributed by atoms with Crippen LogP contribution in [0.1, 0.15) is 18.4 Å². The number of nitrogens with zero attached hydrogens (tertiary/aromatic N) is 3. The van der Waals surface area contributed by atoms with Gasteiger partial charge < -0.3 is 14.4 Å². The molecule has 1 N–H and O–H groups in total. The molecule has 0 bridgehead atoms. The van der Waals surface area contributed by atoms with Crippen LogP contribution in [0, 0.1) is 0 Å². The number of para-hydroxylation sites is 1. The smallest absolute Gasteiger partial charge is 0.264 e. The lowest BCUT2D eigenvalue weighted by Crippen LogP contribution is -2.47. The van der Waals surface area contributed by atoms with E-state index in [1.54, 1.807) is 30.5 Å². The average Bonchev–Trinajstić information content (AvgIpc) is 3.41. The summed E-state index contributed by atoms with van der Waals surface area (Å²) in [4.78, 5) is 9.13. The molecular weight excluding hydrogens is 476 g/mol. The Morgan fingerprint density at radius 1 is 1.17 bits per heavy atom. The summed E-state index contributed by atoms with van der Waals surface area (Å²) >= 11 is 0. The number of anilines is 1. The maximum Gasteiger partial charge on any atom is 0.264 e. The van der Waals surface area contributed by atoms with E-state index in [0.717, 1.165) is 68.8 Å². The molecule has 3 heterocycles. The molecule has 1 aromatic heterocycles. The number of hydrogen-bond donors (Lipinski definition) is 1. The van der Waals surface area contributed by atoms with Crippen LogP contribution in [0.4, 0.5) is 5.69 Å². The monoisotopic (exact) mass is 508 g/mol. The van der Waals surface area contributed by atoms with Gasteiger partial charge in [-0.3, -0.25) is 14.6 Å². The van der Waals surface area contributed by atoms with Crippen molar-refractivity contribution in [2.75, 3.05) is 51.2 Å². The van der Waals surface area contributed by atoms with Crippen LogP contribution in [0.5, 0.6) is 5.75 Å². The summed E-state index contributed by atoms with van der Waals surface area (Å²) in [6, 6.07) is 14.2. The van der Waals surface area contributed by atoms with Gasteiger partial charge in [0.1, 0.15) is 10.6 Å². The SMILES string of the molecule is C=C(c1ccc(NS(=O)(=O)c2cccc3cccnc23)c(OC)c1)N1CCN(CC2CCCO2)CC1. The highest BCUT2D eigenvalue weighted by atomic mass is 32.2.